The molecule has 114 valence electrons. The van der Waals surface area contributed by atoms with Crippen molar-refractivity contribution < 1.29 is 14.3 Å². The van der Waals surface area contributed by atoms with Crippen LogP contribution in [0.3, 0.4) is 0 Å². The highest BCUT2D eigenvalue weighted by Gasteiger charge is 2.15. The monoisotopic (exact) mass is 290 g/mol. The van der Waals surface area contributed by atoms with Crippen LogP contribution in [0.25, 0.3) is 0 Å². The number of ether oxygens (including phenoxy) is 2. The lowest BCUT2D eigenvalue weighted by atomic mass is 10.2. The van der Waals surface area contributed by atoms with Gasteiger partial charge < -0.3 is 14.4 Å². The third-order valence-electron chi connectivity index (χ3n) is 2.85. The van der Waals surface area contributed by atoms with Gasteiger partial charge in [-0.1, -0.05) is 13.8 Å². The van der Waals surface area contributed by atoms with Gasteiger partial charge in [0.15, 0.2) is 6.61 Å². The zero-order valence-corrected chi connectivity index (χ0v) is 12.8. The maximum absolute atomic E-state index is 12.2. The van der Waals surface area contributed by atoms with Crippen LogP contribution in [-0.2, 0) is 9.53 Å². The van der Waals surface area contributed by atoms with Crippen molar-refractivity contribution in [1.29, 1.82) is 5.26 Å². The number of carbonyl (C=O) groups is 1. The maximum atomic E-state index is 12.2. The number of nitrogens with zero attached hydrogens (tertiary/aromatic N) is 2. The van der Waals surface area contributed by atoms with Crippen LogP contribution in [0.15, 0.2) is 24.3 Å². The molecule has 0 radical (unpaired) electrons. The lowest BCUT2D eigenvalue weighted by molar-refractivity contribution is -0.134. The Morgan fingerprint density at radius 3 is 2.52 bits per heavy atom. The quantitative estimate of drug-likeness (QED) is 0.735. The van der Waals surface area contributed by atoms with E-state index in [0.717, 1.165) is 0 Å². The molecule has 1 aromatic carbocycles. The second kappa shape index (κ2) is 8.98. The van der Waals surface area contributed by atoms with Gasteiger partial charge in [-0.05, 0) is 30.2 Å². The Morgan fingerprint density at radius 2 is 2.00 bits per heavy atom. The van der Waals surface area contributed by atoms with E-state index in [4.69, 9.17) is 14.7 Å². The van der Waals surface area contributed by atoms with E-state index >= 15 is 0 Å². The van der Waals surface area contributed by atoms with Gasteiger partial charge >= 0.3 is 0 Å². The molecule has 21 heavy (non-hydrogen) atoms. The third kappa shape index (κ3) is 6.28. The molecule has 0 saturated heterocycles. The van der Waals surface area contributed by atoms with E-state index in [-0.39, 0.29) is 12.5 Å². The molecule has 0 atom stereocenters. The summed E-state index contributed by atoms with van der Waals surface area (Å²) in [6.07, 6.45) is 0. The Bertz CT molecular complexity index is 477. The van der Waals surface area contributed by atoms with E-state index in [1.807, 2.05) is 6.07 Å². The molecule has 5 nitrogen and oxygen atoms in total. The SMILES string of the molecule is COCCN(CC(C)C)C(=O)COc1ccc(C#N)cc1. The normalized spacial score (nSPS) is 10.2. The first-order valence-corrected chi connectivity index (χ1v) is 6.96. The average molecular weight is 290 g/mol. The van der Waals surface area contributed by atoms with Crippen LogP contribution in [-0.4, -0.2) is 44.2 Å². The molecular formula is C16H22N2O3. The predicted molar refractivity (Wildman–Crippen MR) is 79.9 cm³/mol. The van der Waals surface area contributed by atoms with E-state index in [1.165, 1.54) is 0 Å². The molecule has 0 unspecified atom stereocenters. The summed E-state index contributed by atoms with van der Waals surface area (Å²) in [6.45, 7) is 5.87. The summed E-state index contributed by atoms with van der Waals surface area (Å²) in [6, 6.07) is 8.74. The van der Waals surface area contributed by atoms with Crippen LogP contribution >= 0.6 is 0 Å². The molecule has 0 fully saturated rings. The van der Waals surface area contributed by atoms with Crippen molar-refractivity contribution >= 4 is 5.91 Å². The van der Waals surface area contributed by atoms with Crippen LogP contribution in [0.2, 0.25) is 0 Å². The lowest BCUT2D eigenvalue weighted by Gasteiger charge is -2.24. The molecule has 0 aliphatic carbocycles. The number of methoxy groups -OCH3 is 1. The first-order chi connectivity index (χ1) is 10.1. The van der Waals surface area contributed by atoms with Crippen molar-refractivity contribution in [2.45, 2.75) is 13.8 Å². The van der Waals surface area contributed by atoms with Crippen molar-refractivity contribution in [3.63, 3.8) is 0 Å². The molecule has 0 heterocycles. The van der Waals surface area contributed by atoms with Crippen molar-refractivity contribution in [1.82, 2.24) is 4.90 Å². The first-order valence-electron chi connectivity index (χ1n) is 6.96. The minimum absolute atomic E-state index is 0.0116. The van der Waals surface area contributed by atoms with Crippen LogP contribution in [0.5, 0.6) is 5.75 Å². The van der Waals surface area contributed by atoms with Gasteiger partial charge in [-0.15, -0.1) is 0 Å². The summed E-state index contributed by atoms with van der Waals surface area (Å²) >= 11 is 0. The van der Waals surface area contributed by atoms with Crippen LogP contribution < -0.4 is 4.74 Å². The van der Waals surface area contributed by atoms with Gasteiger partial charge in [0.05, 0.1) is 18.2 Å². The van der Waals surface area contributed by atoms with Crippen LogP contribution in [0.1, 0.15) is 19.4 Å². The van der Waals surface area contributed by atoms with Crippen LogP contribution in [0, 0.1) is 17.2 Å². The third-order valence-corrected chi connectivity index (χ3v) is 2.85. The standard InChI is InChI=1S/C16H22N2O3/c1-13(2)11-18(8-9-20-3)16(19)12-21-15-6-4-14(10-17)5-7-15/h4-7,13H,8-9,11-12H2,1-3H3. The Labute approximate surface area is 126 Å². The second-order valence-electron chi connectivity index (χ2n) is 5.15. The number of rotatable bonds is 8. The summed E-state index contributed by atoms with van der Waals surface area (Å²) in [5.41, 5.74) is 0.565. The minimum atomic E-state index is -0.0647. The zero-order chi connectivity index (χ0) is 15.7. The molecule has 0 bridgehead atoms. The fourth-order valence-electron chi connectivity index (χ4n) is 1.82. The predicted octanol–water partition coefficient (Wildman–Crippen LogP) is 2.07. The molecule has 1 amide bonds. The molecule has 0 aliphatic rings. The largest absolute Gasteiger partial charge is 0.484 e. The van der Waals surface area contributed by atoms with E-state index in [2.05, 4.69) is 13.8 Å². The zero-order valence-electron chi connectivity index (χ0n) is 12.8. The van der Waals surface area contributed by atoms with Gasteiger partial charge in [0.2, 0.25) is 0 Å². The molecule has 0 N–H and O–H groups in total. The molecule has 0 spiro atoms. The van der Waals surface area contributed by atoms with Crippen molar-refractivity contribution in [2.75, 3.05) is 33.4 Å². The molecule has 1 aromatic rings. The highest BCUT2D eigenvalue weighted by atomic mass is 16.5. The lowest BCUT2D eigenvalue weighted by Crippen LogP contribution is -2.39. The fourth-order valence-corrected chi connectivity index (χ4v) is 1.82. The Balaban J connectivity index is 2.53. The smallest absolute Gasteiger partial charge is 0.260 e. The summed E-state index contributed by atoms with van der Waals surface area (Å²) in [7, 11) is 1.62. The van der Waals surface area contributed by atoms with Gasteiger partial charge in [-0.25, -0.2) is 0 Å². The number of nitriles is 1. The van der Waals surface area contributed by atoms with Gasteiger partial charge in [0.25, 0.3) is 5.91 Å². The average Bonchev–Trinajstić information content (AvgIpc) is 2.49. The second-order valence-corrected chi connectivity index (χ2v) is 5.15. The van der Waals surface area contributed by atoms with Crippen molar-refractivity contribution in [3.8, 4) is 11.8 Å². The number of amides is 1. The molecule has 0 aliphatic heterocycles. The van der Waals surface area contributed by atoms with Gasteiger partial charge in [0, 0.05) is 20.2 Å². The Kier molecular flexibility index (Phi) is 7.27. The van der Waals surface area contributed by atoms with E-state index in [9.17, 15) is 4.79 Å². The molecule has 1 rings (SSSR count). The molecule has 0 aromatic heterocycles. The van der Waals surface area contributed by atoms with E-state index < -0.39 is 0 Å². The number of hydrogen-bond acceptors (Lipinski definition) is 4. The molecule has 5 heteroatoms. The topological polar surface area (TPSA) is 62.6 Å². The fraction of sp³-hybridized carbons (Fsp3) is 0.500. The number of hydrogen-bond donors (Lipinski definition) is 0. The highest BCUT2D eigenvalue weighted by molar-refractivity contribution is 5.77. The maximum Gasteiger partial charge on any atom is 0.260 e. The van der Waals surface area contributed by atoms with Crippen molar-refractivity contribution in [2.24, 2.45) is 5.92 Å². The van der Waals surface area contributed by atoms with Gasteiger partial charge in [-0.3, -0.25) is 4.79 Å². The summed E-state index contributed by atoms with van der Waals surface area (Å²) < 4.78 is 10.5. The summed E-state index contributed by atoms with van der Waals surface area (Å²) in [4.78, 5) is 13.9. The van der Waals surface area contributed by atoms with Crippen molar-refractivity contribution in [3.05, 3.63) is 29.8 Å². The van der Waals surface area contributed by atoms with E-state index in [1.54, 1.807) is 36.3 Å². The van der Waals surface area contributed by atoms with Gasteiger partial charge in [-0.2, -0.15) is 5.26 Å². The Morgan fingerprint density at radius 1 is 1.33 bits per heavy atom. The van der Waals surface area contributed by atoms with Gasteiger partial charge in [0.1, 0.15) is 5.75 Å². The summed E-state index contributed by atoms with van der Waals surface area (Å²) in [5, 5.41) is 8.72. The molecular weight excluding hydrogens is 268 g/mol. The number of benzene rings is 1. The number of carbonyl (C=O) groups excluding carboxylic acids is 1. The molecule has 0 saturated carbocycles. The Hall–Kier alpha value is -2.06. The first kappa shape index (κ1) is 17.0. The highest BCUT2D eigenvalue weighted by Crippen LogP contribution is 2.11. The van der Waals surface area contributed by atoms with Crippen LogP contribution in [0.4, 0.5) is 0 Å². The summed E-state index contributed by atoms with van der Waals surface area (Å²) in [5.74, 6) is 0.907. The minimum Gasteiger partial charge on any atom is -0.484 e. The van der Waals surface area contributed by atoms with E-state index in [0.29, 0.717) is 36.9 Å².